The van der Waals surface area contributed by atoms with E-state index in [0.717, 1.165) is 38.5 Å². The smallest absolute Gasteiger partial charge is 0.262 e. The van der Waals surface area contributed by atoms with E-state index in [1.165, 1.54) is 18.6 Å². The number of allylic oxidation sites excluding steroid dienone is 3. The van der Waals surface area contributed by atoms with Crippen LogP contribution in [0.2, 0.25) is 0 Å². The van der Waals surface area contributed by atoms with Crippen LogP contribution in [-0.2, 0) is 9.59 Å². The van der Waals surface area contributed by atoms with Crippen molar-refractivity contribution < 1.29 is 30.0 Å². The van der Waals surface area contributed by atoms with Gasteiger partial charge in [-0.05, 0) is 79.4 Å². The molecular weight excluding hydrogens is 444 g/mol. The molecular formula is C29H40O6. The lowest BCUT2D eigenvalue weighted by Crippen LogP contribution is -2.67. The number of hydrogen-bond donors (Lipinski definition) is 4. The van der Waals surface area contributed by atoms with Gasteiger partial charge < -0.3 is 20.4 Å². The molecule has 0 aromatic rings. The summed E-state index contributed by atoms with van der Waals surface area (Å²) in [6.45, 7) is 12.1. The first-order chi connectivity index (χ1) is 16.0. The van der Waals surface area contributed by atoms with Gasteiger partial charge in [0.25, 0.3) is 5.79 Å². The first-order valence-corrected chi connectivity index (χ1v) is 13.1. The van der Waals surface area contributed by atoms with E-state index in [9.17, 15) is 30.0 Å². The van der Waals surface area contributed by atoms with Gasteiger partial charge in [-0.3, -0.25) is 9.59 Å². The van der Waals surface area contributed by atoms with E-state index in [1.54, 1.807) is 6.08 Å². The predicted molar refractivity (Wildman–Crippen MR) is 131 cm³/mol. The van der Waals surface area contributed by atoms with E-state index >= 15 is 0 Å². The molecule has 3 saturated carbocycles. The maximum atomic E-state index is 12.9. The minimum atomic E-state index is -2.87. The topological polar surface area (TPSA) is 115 Å². The maximum Gasteiger partial charge on any atom is 0.262 e. The van der Waals surface area contributed by atoms with Crippen molar-refractivity contribution in [2.24, 2.45) is 33.5 Å². The van der Waals surface area contributed by atoms with Gasteiger partial charge in [-0.15, -0.1) is 0 Å². The standard InChI is InChI=1S/C29H40O6/c1-7-28-13-12-25(4)19-9-8-17-18(15-21(30)29(34,35)27(17,6)33)24(19,3)10-11-26(25,5)20(28)14-16(2)22(31)23(28)32/h8-9,15-16,20,23,32-35H,7,10-14H2,1-6H3/t16-,20+,23-,24+,25-,26+,27+,28-/m1/s1. The Morgan fingerprint density at radius 3 is 2.23 bits per heavy atom. The molecule has 0 saturated heterocycles. The molecule has 0 bridgehead atoms. The van der Waals surface area contributed by atoms with Crippen molar-refractivity contribution in [3.05, 3.63) is 34.9 Å². The molecule has 3 fully saturated rings. The molecule has 4 N–H and O–H groups in total. The average Bonchev–Trinajstić information content (AvgIpc) is 2.79. The molecule has 0 radical (unpaired) electrons. The molecule has 35 heavy (non-hydrogen) atoms. The van der Waals surface area contributed by atoms with Crippen LogP contribution < -0.4 is 0 Å². The van der Waals surface area contributed by atoms with E-state index in [1.807, 2.05) is 13.0 Å². The van der Waals surface area contributed by atoms with Gasteiger partial charge in [-0.25, -0.2) is 0 Å². The summed E-state index contributed by atoms with van der Waals surface area (Å²) in [6, 6.07) is 0. The number of Topliss-reactive ketones (excluding diaryl/α,β-unsaturated/α-hetero) is 1. The average molecular weight is 485 g/mol. The molecule has 192 valence electrons. The second kappa shape index (κ2) is 7.03. The molecule has 0 aromatic carbocycles. The van der Waals surface area contributed by atoms with Gasteiger partial charge in [0, 0.05) is 16.7 Å². The molecule has 6 heteroatoms. The Morgan fingerprint density at radius 2 is 1.60 bits per heavy atom. The monoisotopic (exact) mass is 484 g/mol. The highest BCUT2D eigenvalue weighted by Gasteiger charge is 2.70. The normalized spacial score (nSPS) is 50.7. The highest BCUT2D eigenvalue weighted by atomic mass is 16.5. The summed E-state index contributed by atoms with van der Waals surface area (Å²) >= 11 is 0. The van der Waals surface area contributed by atoms with Gasteiger partial charge in [0.2, 0.25) is 5.78 Å². The van der Waals surface area contributed by atoms with Crippen LogP contribution in [0.3, 0.4) is 0 Å². The van der Waals surface area contributed by atoms with Crippen molar-refractivity contribution in [2.45, 2.75) is 97.6 Å². The van der Waals surface area contributed by atoms with E-state index < -0.39 is 34.1 Å². The second-order valence-corrected chi connectivity index (χ2v) is 13.0. The SMILES string of the molecule is CC[C@@]12CC[C@]3(C)C4=CC=C5C(=CC(=O)C(O)(O)[C@@]5(C)O)[C@]4(C)CC[C@@]3(C)[C@@H]1C[C@@H](C)C(=O)[C@H]2O. The molecule has 5 aliphatic rings. The fraction of sp³-hybridized carbons (Fsp3) is 0.724. The minimum Gasteiger partial charge on any atom is -0.385 e. The fourth-order valence-electron chi connectivity index (χ4n) is 9.09. The predicted octanol–water partition coefficient (Wildman–Crippen LogP) is 3.38. The summed E-state index contributed by atoms with van der Waals surface area (Å²) in [5.41, 5.74) is -1.22. The zero-order chi connectivity index (χ0) is 26.0. The van der Waals surface area contributed by atoms with Crippen LogP contribution in [0.5, 0.6) is 0 Å². The van der Waals surface area contributed by atoms with Gasteiger partial charge in [0.15, 0.2) is 5.78 Å². The summed E-state index contributed by atoms with van der Waals surface area (Å²) in [4.78, 5) is 25.7. The Balaban J connectivity index is 1.68. The summed E-state index contributed by atoms with van der Waals surface area (Å²) in [7, 11) is 0. The Kier molecular flexibility index (Phi) is 5.04. The summed E-state index contributed by atoms with van der Waals surface area (Å²) < 4.78 is 0. The van der Waals surface area contributed by atoms with Crippen LogP contribution in [0.25, 0.3) is 0 Å². The molecule has 0 unspecified atom stereocenters. The van der Waals surface area contributed by atoms with Crippen LogP contribution in [0.1, 0.15) is 80.1 Å². The van der Waals surface area contributed by atoms with E-state index in [-0.39, 0.29) is 28.4 Å². The molecule has 8 atom stereocenters. The van der Waals surface area contributed by atoms with E-state index in [4.69, 9.17) is 0 Å². The fourth-order valence-corrected chi connectivity index (χ4v) is 9.09. The number of aliphatic hydroxyl groups is 4. The molecule has 5 aliphatic carbocycles. The molecule has 0 aromatic heterocycles. The number of rotatable bonds is 1. The number of aliphatic hydroxyl groups excluding tert-OH is 1. The lowest BCUT2D eigenvalue weighted by atomic mass is 9.34. The number of fused-ring (bicyclic) bond motifs is 7. The molecule has 0 amide bonds. The van der Waals surface area contributed by atoms with Gasteiger partial charge in [0.05, 0.1) is 0 Å². The Bertz CT molecular complexity index is 1110. The zero-order valence-electron chi connectivity index (χ0n) is 21.8. The Hall–Kier alpha value is -1.60. The molecule has 0 aliphatic heterocycles. The lowest BCUT2D eigenvalue weighted by Gasteiger charge is -2.70. The third-order valence-electron chi connectivity index (χ3n) is 11.8. The summed E-state index contributed by atoms with van der Waals surface area (Å²) in [5, 5.41) is 43.2. The van der Waals surface area contributed by atoms with Crippen molar-refractivity contribution in [1.29, 1.82) is 0 Å². The number of carbonyl (C=O) groups excluding carboxylic acids is 2. The molecule has 0 spiro atoms. The van der Waals surface area contributed by atoms with Crippen molar-refractivity contribution >= 4 is 11.6 Å². The number of carbonyl (C=O) groups is 2. The summed E-state index contributed by atoms with van der Waals surface area (Å²) in [6.07, 6.45) is 8.89. The molecule has 5 rings (SSSR count). The lowest BCUT2D eigenvalue weighted by molar-refractivity contribution is -0.240. The van der Waals surface area contributed by atoms with Crippen molar-refractivity contribution in [1.82, 2.24) is 0 Å². The van der Waals surface area contributed by atoms with Crippen LogP contribution in [0.15, 0.2) is 34.9 Å². The molecule has 0 heterocycles. The van der Waals surface area contributed by atoms with Crippen LogP contribution in [-0.4, -0.2) is 49.5 Å². The highest BCUT2D eigenvalue weighted by molar-refractivity contribution is 6.01. The summed E-state index contributed by atoms with van der Waals surface area (Å²) in [5.74, 6) is -3.78. The number of ketones is 2. The zero-order valence-corrected chi connectivity index (χ0v) is 21.8. The van der Waals surface area contributed by atoms with Crippen molar-refractivity contribution in [2.75, 3.05) is 0 Å². The van der Waals surface area contributed by atoms with E-state index in [0.29, 0.717) is 11.1 Å². The van der Waals surface area contributed by atoms with E-state index in [2.05, 4.69) is 27.7 Å². The van der Waals surface area contributed by atoms with Crippen LogP contribution >= 0.6 is 0 Å². The van der Waals surface area contributed by atoms with Gasteiger partial charge in [-0.1, -0.05) is 52.3 Å². The van der Waals surface area contributed by atoms with Crippen molar-refractivity contribution in [3.63, 3.8) is 0 Å². The highest BCUT2D eigenvalue weighted by Crippen LogP contribution is 2.75. The first-order valence-electron chi connectivity index (χ1n) is 13.1. The largest absolute Gasteiger partial charge is 0.385 e. The third-order valence-corrected chi connectivity index (χ3v) is 11.8. The van der Waals surface area contributed by atoms with Gasteiger partial charge in [-0.2, -0.15) is 0 Å². The van der Waals surface area contributed by atoms with Gasteiger partial charge in [0.1, 0.15) is 11.7 Å². The Labute approximate surface area is 207 Å². The maximum absolute atomic E-state index is 12.9. The second-order valence-electron chi connectivity index (χ2n) is 13.0. The number of hydrogen-bond acceptors (Lipinski definition) is 6. The molecule has 6 nitrogen and oxygen atoms in total. The minimum absolute atomic E-state index is 0.0231. The van der Waals surface area contributed by atoms with Crippen molar-refractivity contribution in [3.8, 4) is 0 Å². The van der Waals surface area contributed by atoms with Crippen LogP contribution in [0, 0.1) is 33.5 Å². The first kappa shape index (κ1) is 25.1. The third kappa shape index (κ3) is 2.64. The van der Waals surface area contributed by atoms with Gasteiger partial charge >= 0.3 is 0 Å². The Morgan fingerprint density at radius 1 is 0.943 bits per heavy atom. The quantitative estimate of drug-likeness (QED) is 0.424. The van der Waals surface area contributed by atoms with Crippen LogP contribution in [0.4, 0.5) is 0 Å².